The van der Waals surface area contributed by atoms with Gasteiger partial charge in [0.05, 0.1) is 9.93 Å². The molecule has 9 heteroatoms. The summed E-state index contributed by atoms with van der Waals surface area (Å²) in [5.74, 6) is -1.03. The molecule has 2 fully saturated rings. The Balaban J connectivity index is 1.77. The number of hydrogen-bond acceptors (Lipinski definition) is 5. The van der Waals surface area contributed by atoms with Gasteiger partial charge in [-0.3, -0.25) is 19.3 Å². The number of rotatable bonds is 3. The molecule has 0 aliphatic carbocycles. The fourth-order valence-corrected chi connectivity index (χ4v) is 4.19. The van der Waals surface area contributed by atoms with Crippen LogP contribution < -0.4 is 0 Å². The van der Waals surface area contributed by atoms with Crippen LogP contribution in [0, 0.1) is 0 Å². The van der Waals surface area contributed by atoms with E-state index in [1.807, 2.05) is 0 Å². The summed E-state index contributed by atoms with van der Waals surface area (Å²) in [6, 6.07) is 2.81. The molecule has 2 aliphatic heterocycles. The summed E-state index contributed by atoms with van der Waals surface area (Å²) < 4.78 is 0. The minimum Gasteiger partial charge on any atom is -0.506 e. The first-order chi connectivity index (χ1) is 12.4. The molecule has 0 bridgehead atoms. The second kappa shape index (κ2) is 7.90. The molecule has 0 saturated carbocycles. The van der Waals surface area contributed by atoms with Gasteiger partial charge >= 0.3 is 0 Å². The van der Waals surface area contributed by atoms with E-state index in [2.05, 4.69) is 0 Å². The van der Waals surface area contributed by atoms with Crippen LogP contribution in [0.5, 0.6) is 5.75 Å². The first kappa shape index (κ1) is 19.1. The van der Waals surface area contributed by atoms with E-state index in [1.165, 1.54) is 18.2 Å². The molecule has 3 rings (SSSR count). The van der Waals surface area contributed by atoms with Gasteiger partial charge in [-0.25, -0.2) is 0 Å². The van der Waals surface area contributed by atoms with Crippen molar-refractivity contribution < 1.29 is 19.5 Å². The number of piperidine rings is 1. The second-order valence-corrected chi connectivity index (χ2v) is 7.87. The monoisotopic (exact) mass is 414 g/mol. The van der Waals surface area contributed by atoms with E-state index in [9.17, 15) is 19.5 Å². The van der Waals surface area contributed by atoms with Gasteiger partial charge in [-0.05, 0) is 49.2 Å². The van der Waals surface area contributed by atoms with Crippen molar-refractivity contribution in [1.29, 1.82) is 0 Å². The van der Waals surface area contributed by atoms with Crippen LogP contribution in [0.4, 0.5) is 4.79 Å². The quantitative estimate of drug-likeness (QED) is 0.761. The summed E-state index contributed by atoms with van der Waals surface area (Å²) in [6.07, 6.45) is 4.30. The number of carbonyl (C=O) groups is 3. The number of likely N-dealkylation sites (tertiary alicyclic amines) is 1. The molecular formula is C17H16Cl2N2O4S. The van der Waals surface area contributed by atoms with Crippen molar-refractivity contribution >= 4 is 58.1 Å². The van der Waals surface area contributed by atoms with Gasteiger partial charge in [-0.2, -0.15) is 0 Å². The Bertz CT molecular complexity index is 806. The second-order valence-electron chi connectivity index (χ2n) is 6.03. The first-order valence-electron chi connectivity index (χ1n) is 8.08. The van der Waals surface area contributed by atoms with Gasteiger partial charge in [0, 0.05) is 23.7 Å². The lowest BCUT2D eigenvalue weighted by Crippen LogP contribution is -2.44. The van der Waals surface area contributed by atoms with E-state index in [0.717, 1.165) is 24.2 Å². The molecule has 1 N–H and O–H groups in total. The molecule has 6 nitrogen and oxygen atoms in total. The van der Waals surface area contributed by atoms with Crippen molar-refractivity contribution in [2.75, 3.05) is 19.6 Å². The SMILES string of the molecule is O=C(CN1C(=O)S/C(=C\c2cc(Cl)cc(Cl)c2O)C1=O)N1CCCCC1. The van der Waals surface area contributed by atoms with Crippen molar-refractivity contribution in [2.45, 2.75) is 19.3 Å². The number of imide groups is 1. The summed E-state index contributed by atoms with van der Waals surface area (Å²) in [6.45, 7) is 1.03. The molecule has 2 heterocycles. The van der Waals surface area contributed by atoms with Crippen LogP contribution >= 0.6 is 35.0 Å². The number of thioether (sulfide) groups is 1. The standard InChI is InChI=1S/C17H16Cl2N2O4S/c18-11-6-10(15(23)12(19)8-11)7-13-16(24)21(17(25)26-13)9-14(22)20-4-2-1-3-5-20/h6-8,23H,1-5,9H2/b13-7-. The first-order valence-corrected chi connectivity index (χ1v) is 9.65. The Labute approximate surface area is 164 Å². The van der Waals surface area contributed by atoms with Crippen molar-refractivity contribution in [1.82, 2.24) is 9.80 Å². The van der Waals surface area contributed by atoms with Crippen molar-refractivity contribution in [2.24, 2.45) is 0 Å². The predicted octanol–water partition coefficient (Wildman–Crippen LogP) is 3.75. The van der Waals surface area contributed by atoms with Crippen molar-refractivity contribution in [3.63, 3.8) is 0 Å². The lowest BCUT2D eigenvalue weighted by atomic mass is 10.1. The van der Waals surface area contributed by atoms with Crippen LogP contribution in [-0.2, 0) is 9.59 Å². The van der Waals surface area contributed by atoms with Gasteiger partial charge in [0.25, 0.3) is 11.1 Å². The van der Waals surface area contributed by atoms with E-state index in [1.54, 1.807) is 4.90 Å². The fourth-order valence-electron chi connectivity index (χ4n) is 2.85. The zero-order valence-electron chi connectivity index (χ0n) is 13.7. The summed E-state index contributed by atoms with van der Waals surface area (Å²) in [5.41, 5.74) is 0.232. The van der Waals surface area contributed by atoms with E-state index in [4.69, 9.17) is 23.2 Å². The van der Waals surface area contributed by atoms with Crippen molar-refractivity contribution in [3.8, 4) is 5.75 Å². The summed E-state index contributed by atoms with van der Waals surface area (Å²) in [4.78, 5) is 39.7. The Morgan fingerprint density at radius 3 is 2.58 bits per heavy atom. The van der Waals surface area contributed by atoms with Gasteiger partial charge in [0.1, 0.15) is 12.3 Å². The normalized spacial score (nSPS) is 19.5. The van der Waals surface area contributed by atoms with Gasteiger partial charge in [0.2, 0.25) is 5.91 Å². The van der Waals surface area contributed by atoms with E-state index < -0.39 is 11.1 Å². The lowest BCUT2D eigenvalue weighted by Gasteiger charge is -2.27. The number of benzene rings is 1. The maximum Gasteiger partial charge on any atom is 0.294 e. The molecule has 0 atom stereocenters. The third-order valence-electron chi connectivity index (χ3n) is 4.22. The predicted molar refractivity (Wildman–Crippen MR) is 101 cm³/mol. The van der Waals surface area contributed by atoms with E-state index >= 15 is 0 Å². The molecule has 0 unspecified atom stereocenters. The maximum atomic E-state index is 12.5. The molecule has 1 aromatic carbocycles. The number of halogens is 2. The van der Waals surface area contributed by atoms with Crippen LogP contribution in [0.25, 0.3) is 6.08 Å². The number of carbonyl (C=O) groups excluding carboxylic acids is 3. The number of amides is 3. The Hall–Kier alpha value is -1.70. The number of aromatic hydroxyl groups is 1. The molecule has 2 saturated heterocycles. The topological polar surface area (TPSA) is 77.9 Å². The summed E-state index contributed by atoms with van der Waals surface area (Å²) >= 11 is 12.5. The smallest absolute Gasteiger partial charge is 0.294 e. The number of phenolic OH excluding ortho intramolecular Hbond substituents is 1. The molecule has 3 amide bonds. The van der Waals surface area contributed by atoms with Crippen LogP contribution in [-0.4, -0.2) is 51.6 Å². The highest BCUT2D eigenvalue weighted by Crippen LogP contribution is 2.37. The highest BCUT2D eigenvalue weighted by Gasteiger charge is 2.37. The number of nitrogens with zero attached hydrogens (tertiary/aromatic N) is 2. The number of hydrogen-bond donors (Lipinski definition) is 1. The van der Waals surface area contributed by atoms with Crippen LogP contribution in [0.3, 0.4) is 0 Å². The average Bonchev–Trinajstić information content (AvgIpc) is 2.87. The molecular weight excluding hydrogens is 399 g/mol. The van der Waals surface area contributed by atoms with Crippen LogP contribution in [0.2, 0.25) is 10.0 Å². The van der Waals surface area contributed by atoms with Gasteiger partial charge in [0.15, 0.2) is 0 Å². The van der Waals surface area contributed by atoms with Crippen LogP contribution in [0.1, 0.15) is 24.8 Å². The Morgan fingerprint density at radius 1 is 1.19 bits per heavy atom. The van der Waals surface area contributed by atoms with E-state index in [-0.39, 0.29) is 33.7 Å². The Morgan fingerprint density at radius 2 is 1.88 bits per heavy atom. The van der Waals surface area contributed by atoms with Crippen LogP contribution in [0.15, 0.2) is 17.0 Å². The minimum absolute atomic E-state index is 0.0447. The third kappa shape index (κ3) is 4.00. The molecule has 0 aromatic heterocycles. The zero-order chi connectivity index (χ0) is 18.8. The van der Waals surface area contributed by atoms with Crippen molar-refractivity contribution in [3.05, 3.63) is 32.6 Å². The highest BCUT2D eigenvalue weighted by atomic mass is 35.5. The largest absolute Gasteiger partial charge is 0.506 e. The van der Waals surface area contributed by atoms with E-state index in [0.29, 0.717) is 29.9 Å². The fraction of sp³-hybridized carbons (Fsp3) is 0.353. The molecule has 1 aromatic rings. The molecule has 138 valence electrons. The average molecular weight is 415 g/mol. The summed E-state index contributed by atoms with van der Waals surface area (Å²) in [7, 11) is 0. The minimum atomic E-state index is -0.569. The lowest BCUT2D eigenvalue weighted by molar-refractivity contribution is -0.136. The summed E-state index contributed by atoms with van der Waals surface area (Å²) in [5, 5.41) is 9.82. The highest BCUT2D eigenvalue weighted by molar-refractivity contribution is 8.18. The molecule has 0 radical (unpaired) electrons. The maximum absolute atomic E-state index is 12.5. The Kier molecular flexibility index (Phi) is 5.79. The molecule has 0 spiro atoms. The van der Waals surface area contributed by atoms with Gasteiger partial charge in [-0.1, -0.05) is 23.2 Å². The van der Waals surface area contributed by atoms with Gasteiger partial charge in [-0.15, -0.1) is 0 Å². The molecule has 2 aliphatic rings. The van der Waals surface area contributed by atoms with Gasteiger partial charge < -0.3 is 10.0 Å². The third-order valence-corrected chi connectivity index (χ3v) is 5.63. The zero-order valence-corrected chi connectivity index (χ0v) is 16.0. The number of phenols is 1. The molecule has 26 heavy (non-hydrogen) atoms.